The minimum absolute atomic E-state index is 0. The molecule has 0 radical (unpaired) electrons. The van der Waals surface area contributed by atoms with Crippen LogP contribution in [0.15, 0.2) is 60.7 Å². The number of carbonyl (C=O) groups is 3. The number of rotatable bonds is 9. The Kier molecular flexibility index (Phi) is 10.1. The van der Waals surface area contributed by atoms with Gasteiger partial charge in [-0.25, -0.2) is 4.79 Å². The third-order valence-electron chi connectivity index (χ3n) is 3.32. The number of carbonyl (C=O) groups excluding carboxylic acids is 3. The van der Waals surface area contributed by atoms with E-state index < -0.39 is 11.9 Å². The van der Waals surface area contributed by atoms with Gasteiger partial charge in [0, 0.05) is 0 Å². The van der Waals surface area contributed by atoms with Crippen molar-refractivity contribution in [2.24, 2.45) is 0 Å². The summed E-state index contributed by atoms with van der Waals surface area (Å²) in [5, 5.41) is 0. The van der Waals surface area contributed by atoms with Crippen molar-refractivity contribution in [1.29, 1.82) is 0 Å². The molecule has 0 unspecified atom stereocenters. The summed E-state index contributed by atoms with van der Waals surface area (Å²) in [4.78, 5) is 34.7. The molecule has 0 spiro atoms. The lowest BCUT2D eigenvalue weighted by atomic mass is 10.2. The minimum Gasteiger partial charge on any atom is -0.463 e. The lowest BCUT2D eigenvalue weighted by Crippen LogP contribution is -2.20. The van der Waals surface area contributed by atoms with E-state index in [0.29, 0.717) is 0 Å². The van der Waals surface area contributed by atoms with Crippen LogP contribution in [0.2, 0.25) is 0 Å². The van der Waals surface area contributed by atoms with E-state index in [4.69, 9.17) is 9.47 Å². The van der Waals surface area contributed by atoms with E-state index in [9.17, 15) is 14.4 Å². The van der Waals surface area contributed by atoms with Crippen LogP contribution in [0.25, 0.3) is 0 Å². The van der Waals surface area contributed by atoms with Crippen molar-refractivity contribution in [3.8, 4) is 0 Å². The number of hydrogen-bond donors (Lipinski definition) is 0. The van der Waals surface area contributed by atoms with Gasteiger partial charge in [0.05, 0.1) is 19.4 Å². The number of hydrogen-bond acceptors (Lipinski definition) is 6. The van der Waals surface area contributed by atoms with Crippen molar-refractivity contribution >= 4 is 17.9 Å². The molecule has 0 bridgehead atoms. The molecule has 2 aromatic rings. The van der Waals surface area contributed by atoms with Gasteiger partial charge < -0.3 is 19.7 Å². The van der Waals surface area contributed by atoms with Crippen LogP contribution in [-0.4, -0.2) is 43.2 Å². The summed E-state index contributed by atoms with van der Waals surface area (Å²) in [6.45, 7) is -0.309. The molecule has 2 rings (SSSR count). The summed E-state index contributed by atoms with van der Waals surface area (Å²) in [7, 11) is 0. The maximum atomic E-state index is 11.6. The topological polar surface area (TPSA) is 110 Å². The highest BCUT2D eigenvalue weighted by Crippen LogP contribution is 2.02. The third-order valence-corrected chi connectivity index (χ3v) is 3.32. The van der Waals surface area contributed by atoms with E-state index in [1.54, 1.807) is 24.3 Å². The van der Waals surface area contributed by atoms with Gasteiger partial charge in [-0.3, -0.25) is 9.59 Å². The quantitative estimate of drug-likeness (QED) is 0.371. The second-order valence-electron chi connectivity index (χ2n) is 5.44. The molecule has 0 heterocycles. The number of esters is 3. The lowest BCUT2D eigenvalue weighted by molar-refractivity contribution is -0.162. The van der Waals surface area contributed by atoms with Gasteiger partial charge in [-0.15, -0.1) is 0 Å². The Labute approximate surface area is 157 Å². The van der Waals surface area contributed by atoms with E-state index in [-0.39, 0.29) is 44.1 Å². The maximum absolute atomic E-state index is 11.6. The third kappa shape index (κ3) is 9.29. The Hall–Kier alpha value is -3.03. The van der Waals surface area contributed by atoms with E-state index in [1.807, 2.05) is 36.4 Å². The van der Waals surface area contributed by atoms with Crippen LogP contribution in [0.4, 0.5) is 0 Å². The van der Waals surface area contributed by atoms with Crippen molar-refractivity contribution < 1.29 is 34.1 Å². The second kappa shape index (κ2) is 12.3. The van der Waals surface area contributed by atoms with Gasteiger partial charge in [0.2, 0.25) is 0 Å². The molecule has 0 saturated carbocycles. The van der Waals surface area contributed by atoms with E-state index >= 15 is 0 Å². The molecule has 0 amide bonds. The number of benzene rings is 2. The summed E-state index contributed by atoms with van der Waals surface area (Å²) in [5.74, 6) is -1.79. The minimum atomic E-state index is -0.776. The first-order valence-corrected chi connectivity index (χ1v) is 8.18. The highest BCUT2D eigenvalue weighted by molar-refractivity contribution is 5.87. The van der Waals surface area contributed by atoms with Crippen LogP contribution in [0.3, 0.4) is 0 Å². The summed E-state index contributed by atoms with van der Waals surface area (Å²) in [5.41, 5.74) is 1.62. The van der Waals surface area contributed by atoms with Crippen LogP contribution in [-0.2, 0) is 41.4 Å². The fourth-order valence-electron chi connectivity index (χ4n) is 2.14. The SMILES string of the molecule is O.O=C(Cc1ccccc1)OCCOCC(=O)OC(=O)Cc1ccccc1. The predicted molar refractivity (Wildman–Crippen MR) is 96.8 cm³/mol. The molecule has 7 heteroatoms. The van der Waals surface area contributed by atoms with Crippen molar-refractivity contribution in [2.45, 2.75) is 12.8 Å². The molecule has 0 aliphatic carbocycles. The van der Waals surface area contributed by atoms with Gasteiger partial charge in [0.1, 0.15) is 13.2 Å². The molecule has 0 aliphatic heterocycles. The summed E-state index contributed by atoms with van der Waals surface area (Å²) in [6, 6.07) is 18.2. The lowest BCUT2D eigenvalue weighted by Gasteiger charge is -2.06. The van der Waals surface area contributed by atoms with Crippen molar-refractivity contribution in [1.82, 2.24) is 0 Å². The fraction of sp³-hybridized carbons (Fsp3) is 0.250. The molecule has 27 heavy (non-hydrogen) atoms. The van der Waals surface area contributed by atoms with Crippen LogP contribution in [0.5, 0.6) is 0 Å². The Bertz CT molecular complexity index is 714. The zero-order chi connectivity index (χ0) is 18.6. The van der Waals surface area contributed by atoms with Crippen LogP contribution >= 0.6 is 0 Å². The Balaban J connectivity index is 0.00000364. The molecule has 0 aliphatic rings. The molecule has 7 nitrogen and oxygen atoms in total. The van der Waals surface area contributed by atoms with E-state index in [1.165, 1.54) is 0 Å². The average molecular weight is 374 g/mol. The molecule has 0 saturated heterocycles. The first kappa shape index (κ1) is 22.0. The predicted octanol–water partition coefficient (Wildman–Crippen LogP) is 1.28. The monoisotopic (exact) mass is 374 g/mol. The van der Waals surface area contributed by atoms with Crippen LogP contribution < -0.4 is 0 Å². The van der Waals surface area contributed by atoms with Crippen molar-refractivity contribution in [3.63, 3.8) is 0 Å². The highest BCUT2D eigenvalue weighted by Gasteiger charge is 2.11. The molecular formula is C20H22O7. The second-order valence-corrected chi connectivity index (χ2v) is 5.44. The van der Waals surface area contributed by atoms with Gasteiger partial charge in [0.15, 0.2) is 0 Å². The van der Waals surface area contributed by atoms with Gasteiger partial charge in [-0.2, -0.15) is 0 Å². The number of ether oxygens (including phenoxy) is 3. The first-order chi connectivity index (χ1) is 12.6. The average Bonchev–Trinajstić information content (AvgIpc) is 2.63. The smallest absolute Gasteiger partial charge is 0.339 e. The standard InChI is InChI=1S/C20H20O6.H2O/c21-18(13-16-7-3-1-4-8-16)25-12-11-24-15-20(23)26-19(22)14-17-9-5-2-6-10-17;/h1-10H,11-15H2;1H2. The molecule has 0 atom stereocenters. The fourth-order valence-corrected chi connectivity index (χ4v) is 2.14. The van der Waals surface area contributed by atoms with E-state index in [2.05, 4.69) is 4.74 Å². The van der Waals surface area contributed by atoms with Gasteiger partial charge in [-0.05, 0) is 11.1 Å². The Morgan fingerprint density at radius 2 is 1.19 bits per heavy atom. The van der Waals surface area contributed by atoms with Crippen molar-refractivity contribution in [3.05, 3.63) is 71.8 Å². The van der Waals surface area contributed by atoms with Crippen LogP contribution in [0.1, 0.15) is 11.1 Å². The molecule has 2 N–H and O–H groups in total. The summed E-state index contributed by atoms with van der Waals surface area (Å²) in [6.07, 6.45) is 0.195. The van der Waals surface area contributed by atoms with Gasteiger partial charge >= 0.3 is 17.9 Å². The van der Waals surface area contributed by atoms with Crippen molar-refractivity contribution in [2.75, 3.05) is 19.8 Å². The molecule has 2 aromatic carbocycles. The highest BCUT2D eigenvalue weighted by atomic mass is 16.6. The largest absolute Gasteiger partial charge is 0.463 e. The Morgan fingerprint density at radius 3 is 1.74 bits per heavy atom. The summed E-state index contributed by atoms with van der Waals surface area (Å²) >= 11 is 0. The Morgan fingerprint density at radius 1 is 0.667 bits per heavy atom. The normalized spacial score (nSPS) is 9.78. The van der Waals surface area contributed by atoms with Gasteiger partial charge in [-0.1, -0.05) is 60.7 Å². The molecule has 144 valence electrons. The molecule has 0 fully saturated rings. The first-order valence-electron chi connectivity index (χ1n) is 8.18. The molecular weight excluding hydrogens is 352 g/mol. The van der Waals surface area contributed by atoms with Gasteiger partial charge in [0.25, 0.3) is 0 Å². The zero-order valence-corrected chi connectivity index (χ0v) is 14.8. The van der Waals surface area contributed by atoms with E-state index in [0.717, 1.165) is 11.1 Å². The molecule has 0 aromatic heterocycles. The maximum Gasteiger partial charge on any atom is 0.339 e. The van der Waals surface area contributed by atoms with Crippen LogP contribution in [0, 0.1) is 0 Å². The zero-order valence-electron chi connectivity index (χ0n) is 14.8. The summed E-state index contributed by atoms with van der Waals surface area (Å²) < 4.78 is 14.7.